The van der Waals surface area contributed by atoms with Crippen LogP contribution in [0.1, 0.15) is 0 Å². The van der Waals surface area contributed by atoms with E-state index in [1.807, 2.05) is 0 Å². The van der Waals surface area contributed by atoms with E-state index >= 15 is 0 Å². The van der Waals surface area contributed by atoms with Gasteiger partial charge in [-0.1, -0.05) is 23.2 Å². The topological polar surface area (TPSA) is 33.1 Å². The third-order valence-electron chi connectivity index (χ3n) is 1.92. The summed E-state index contributed by atoms with van der Waals surface area (Å²) >= 11 is 11.7. The van der Waals surface area contributed by atoms with Gasteiger partial charge in [0.1, 0.15) is 11.4 Å². The molecule has 0 bridgehead atoms. The van der Waals surface area contributed by atoms with Gasteiger partial charge in [0.15, 0.2) is 0 Å². The first-order chi connectivity index (χ1) is 7.16. The molecular weight excluding hydrogens is 233 g/mol. The summed E-state index contributed by atoms with van der Waals surface area (Å²) in [7, 11) is 0. The fourth-order valence-corrected chi connectivity index (χ4v) is 1.84. The van der Waals surface area contributed by atoms with Gasteiger partial charge < -0.3 is 5.11 Å². The second-order valence-electron chi connectivity index (χ2n) is 3.03. The smallest absolute Gasteiger partial charge is 0.141 e. The molecule has 1 aromatic heterocycles. The van der Waals surface area contributed by atoms with E-state index in [0.717, 1.165) is 0 Å². The van der Waals surface area contributed by atoms with Gasteiger partial charge in [0.25, 0.3) is 0 Å². The minimum atomic E-state index is 0.107. The lowest BCUT2D eigenvalue weighted by Gasteiger charge is -2.04. The largest absolute Gasteiger partial charge is 0.506 e. The van der Waals surface area contributed by atoms with E-state index in [1.165, 1.54) is 0 Å². The van der Waals surface area contributed by atoms with E-state index in [4.69, 9.17) is 23.2 Å². The molecule has 2 rings (SSSR count). The summed E-state index contributed by atoms with van der Waals surface area (Å²) in [5, 5.41) is 10.6. The van der Waals surface area contributed by atoms with Gasteiger partial charge in [-0.25, -0.2) is 0 Å². The van der Waals surface area contributed by atoms with Crippen molar-refractivity contribution in [2.24, 2.45) is 0 Å². The molecule has 0 fully saturated rings. The van der Waals surface area contributed by atoms with Crippen LogP contribution in [0.3, 0.4) is 0 Å². The maximum absolute atomic E-state index is 9.60. The number of hydrogen-bond acceptors (Lipinski definition) is 2. The van der Waals surface area contributed by atoms with E-state index in [-0.39, 0.29) is 5.75 Å². The van der Waals surface area contributed by atoms with Crippen molar-refractivity contribution in [1.82, 2.24) is 4.98 Å². The van der Waals surface area contributed by atoms with Crippen molar-refractivity contribution < 1.29 is 5.11 Å². The summed E-state index contributed by atoms with van der Waals surface area (Å²) in [5.74, 6) is 0.107. The van der Waals surface area contributed by atoms with Crippen LogP contribution in [0.2, 0.25) is 10.0 Å². The number of aromatic hydroxyl groups is 1. The summed E-state index contributed by atoms with van der Waals surface area (Å²) in [6.45, 7) is 0. The normalized spacial score (nSPS) is 10.3. The number of hydrogen-bond donors (Lipinski definition) is 1. The molecule has 0 aliphatic heterocycles. The van der Waals surface area contributed by atoms with Crippen molar-refractivity contribution in [1.29, 1.82) is 0 Å². The molecule has 0 saturated carbocycles. The monoisotopic (exact) mass is 239 g/mol. The van der Waals surface area contributed by atoms with Crippen LogP contribution < -0.4 is 0 Å². The highest BCUT2D eigenvalue weighted by atomic mass is 35.5. The number of nitrogens with zero attached hydrogens (tertiary/aromatic N) is 1. The molecule has 0 saturated heterocycles. The summed E-state index contributed by atoms with van der Waals surface area (Å²) in [5.41, 5.74) is 1.17. The van der Waals surface area contributed by atoms with Crippen LogP contribution in [0.5, 0.6) is 5.75 Å². The number of rotatable bonds is 1. The molecule has 0 spiro atoms. The molecule has 1 N–H and O–H groups in total. The van der Waals surface area contributed by atoms with Crippen LogP contribution >= 0.6 is 23.2 Å². The molecule has 0 aliphatic carbocycles. The van der Waals surface area contributed by atoms with Crippen molar-refractivity contribution in [2.75, 3.05) is 0 Å². The Morgan fingerprint density at radius 1 is 1.07 bits per heavy atom. The fraction of sp³-hybridized carbons (Fsp3) is 0. The number of aromatic nitrogens is 1. The second kappa shape index (κ2) is 4.09. The Balaban J connectivity index is 2.59. The molecule has 0 unspecified atom stereocenters. The predicted octanol–water partition coefficient (Wildman–Crippen LogP) is 3.76. The third-order valence-corrected chi connectivity index (χ3v) is 2.36. The molecule has 0 amide bonds. The average Bonchev–Trinajstić information content (AvgIpc) is 2.16. The van der Waals surface area contributed by atoms with Gasteiger partial charge >= 0.3 is 0 Å². The molecule has 76 valence electrons. The Hall–Kier alpha value is -1.25. The highest BCUT2D eigenvalue weighted by Crippen LogP contribution is 2.30. The van der Waals surface area contributed by atoms with Gasteiger partial charge in [0.05, 0.1) is 0 Å². The number of halogens is 2. The Morgan fingerprint density at radius 3 is 2.33 bits per heavy atom. The highest BCUT2D eigenvalue weighted by molar-refractivity contribution is 6.35. The van der Waals surface area contributed by atoms with Crippen molar-refractivity contribution in [3.8, 4) is 17.0 Å². The Labute approximate surface area is 97.1 Å². The zero-order valence-corrected chi connectivity index (χ0v) is 9.13. The minimum Gasteiger partial charge on any atom is -0.506 e. The SMILES string of the molecule is Oc1cccnc1-c1cc(Cl)cc(Cl)c1. The molecule has 15 heavy (non-hydrogen) atoms. The second-order valence-corrected chi connectivity index (χ2v) is 3.90. The number of pyridine rings is 1. The van der Waals surface area contributed by atoms with E-state index in [1.54, 1.807) is 36.5 Å². The molecular formula is C11H7Cl2NO. The van der Waals surface area contributed by atoms with Gasteiger partial charge in [0.2, 0.25) is 0 Å². The van der Waals surface area contributed by atoms with Crippen LogP contribution in [0, 0.1) is 0 Å². The first-order valence-corrected chi connectivity index (χ1v) is 5.03. The molecule has 0 atom stereocenters. The van der Waals surface area contributed by atoms with E-state index in [2.05, 4.69) is 4.98 Å². The Kier molecular flexibility index (Phi) is 2.80. The summed E-state index contributed by atoms with van der Waals surface area (Å²) < 4.78 is 0. The standard InChI is InChI=1S/C11H7Cl2NO/c12-8-4-7(5-9(13)6-8)11-10(15)2-1-3-14-11/h1-6,15H. The van der Waals surface area contributed by atoms with Crippen molar-refractivity contribution in [3.63, 3.8) is 0 Å². The van der Waals surface area contributed by atoms with Crippen LogP contribution in [0.4, 0.5) is 0 Å². The Morgan fingerprint density at radius 2 is 1.73 bits per heavy atom. The van der Waals surface area contributed by atoms with Gasteiger partial charge in [-0.2, -0.15) is 0 Å². The molecule has 0 radical (unpaired) electrons. The van der Waals surface area contributed by atoms with Crippen LogP contribution in [0.25, 0.3) is 11.3 Å². The third kappa shape index (κ3) is 2.22. The zero-order valence-electron chi connectivity index (χ0n) is 7.61. The van der Waals surface area contributed by atoms with Gasteiger partial charge in [-0.15, -0.1) is 0 Å². The molecule has 1 heterocycles. The molecule has 1 aromatic carbocycles. The Bertz CT molecular complexity index is 479. The zero-order chi connectivity index (χ0) is 10.8. The minimum absolute atomic E-state index is 0.107. The predicted molar refractivity (Wildman–Crippen MR) is 61.4 cm³/mol. The molecule has 4 heteroatoms. The molecule has 2 nitrogen and oxygen atoms in total. The van der Waals surface area contributed by atoms with Crippen molar-refractivity contribution >= 4 is 23.2 Å². The molecule has 2 aromatic rings. The first kappa shape index (κ1) is 10.3. The van der Waals surface area contributed by atoms with Gasteiger partial charge in [0, 0.05) is 21.8 Å². The average molecular weight is 240 g/mol. The van der Waals surface area contributed by atoms with E-state index in [0.29, 0.717) is 21.3 Å². The van der Waals surface area contributed by atoms with E-state index in [9.17, 15) is 5.11 Å². The van der Waals surface area contributed by atoms with Gasteiger partial charge in [-0.3, -0.25) is 4.98 Å². The van der Waals surface area contributed by atoms with Crippen molar-refractivity contribution in [2.45, 2.75) is 0 Å². The van der Waals surface area contributed by atoms with Crippen LogP contribution in [-0.4, -0.2) is 10.1 Å². The lowest BCUT2D eigenvalue weighted by atomic mass is 10.1. The first-order valence-electron chi connectivity index (χ1n) is 4.27. The maximum Gasteiger partial charge on any atom is 0.141 e. The van der Waals surface area contributed by atoms with Crippen LogP contribution in [-0.2, 0) is 0 Å². The lowest BCUT2D eigenvalue weighted by Crippen LogP contribution is -1.83. The van der Waals surface area contributed by atoms with Crippen LogP contribution in [0.15, 0.2) is 36.5 Å². The lowest BCUT2D eigenvalue weighted by molar-refractivity contribution is 0.475. The molecule has 0 aliphatic rings. The summed E-state index contributed by atoms with van der Waals surface area (Å²) in [4.78, 5) is 4.06. The van der Waals surface area contributed by atoms with Gasteiger partial charge in [-0.05, 0) is 30.3 Å². The fourth-order valence-electron chi connectivity index (χ4n) is 1.31. The quantitative estimate of drug-likeness (QED) is 0.823. The number of benzene rings is 1. The summed E-state index contributed by atoms with van der Waals surface area (Å²) in [6.07, 6.45) is 1.60. The highest BCUT2D eigenvalue weighted by Gasteiger charge is 2.06. The van der Waals surface area contributed by atoms with Crippen molar-refractivity contribution in [3.05, 3.63) is 46.6 Å². The summed E-state index contributed by atoms with van der Waals surface area (Å²) in [6, 6.07) is 8.26. The maximum atomic E-state index is 9.60. The van der Waals surface area contributed by atoms with E-state index < -0.39 is 0 Å².